The smallest absolute Gasteiger partial charge is 0.0853 e. The third-order valence-corrected chi connectivity index (χ3v) is 8.79. The normalized spacial score (nSPS) is 28.3. The van der Waals surface area contributed by atoms with Crippen molar-refractivity contribution < 1.29 is 9.84 Å². The monoisotopic (exact) mass is 432 g/mol. The van der Waals surface area contributed by atoms with Gasteiger partial charge in [0.1, 0.15) is 0 Å². The van der Waals surface area contributed by atoms with Crippen molar-refractivity contribution in [3.8, 4) is 0 Å². The third-order valence-electron chi connectivity index (χ3n) is 8.79. The maximum absolute atomic E-state index is 10.2. The van der Waals surface area contributed by atoms with Crippen LogP contribution >= 0.6 is 0 Å². The number of hydrogen-bond acceptors (Lipinski definition) is 2. The summed E-state index contributed by atoms with van der Waals surface area (Å²) in [5, 5.41) is 10.2. The molecule has 1 N–H and O–H groups in total. The molecule has 2 nitrogen and oxygen atoms in total. The van der Waals surface area contributed by atoms with Crippen LogP contribution in [0.15, 0.2) is 42.5 Å². The van der Waals surface area contributed by atoms with Gasteiger partial charge in [-0.05, 0) is 104 Å². The van der Waals surface area contributed by atoms with E-state index in [1.807, 2.05) is 0 Å². The van der Waals surface area contributed by atoms with Gasteiger partial charge < -0.3 is 9.84 Å². The van der Waals surface area contributed by atoms with Crippen molar-refractivity contribution in [2.75, 3.05) is 0 Å². The van der Waals surface area contributed by atoms with E-state index in [2.05, 4.69) is 56.3 Å². The molecular weight excluding hydrogens is 392 g/mol. The molecule has 1 spiro atoms. The van der Waals surface area contributed by atoms with E-state index in [0.717, 1.165) is 24.2 Å². The van der Waals surface area contributed by atoms with Gasteiger partial charge in [0, 0.05) is 6.42 Å². The summed E-state index contributed by atoms with van der Waals surface area (Å²) < 4.78 is 6.15. The number of benzene rings is 2. The van der Waals surface area contributed by atoms with Gasteiger partial charge in [0.2, 0.25) is 0 Å². The quantitative estimate of drug-likeness (QED) is 0.545. The van der Waals surface area contributed by atoms with Crippen LogP contribution in [0, 0.1) is 12.3 Å². The summed E-state index contributed by atoms with van der Waals surface area (Å²) in [6.07, 6.45) is 13.8. The maximum atomic E-state index is 10.2. The fourth-order valence-electron chi connectivity index (χ4n) is 6.73. The summed E-state index contributed by atoms with van der Waals surface area (Å²) in [4.78, 5) is 0. The van der Waals surface area contributed by atoms with Crippen molar-refractivity contribution >= 4 is 0 Å². The van der Waals surface area contributed by atoms with E-state index in [-0.39, 0.29) is 18.3 Å². The number of hydrogen-bond donors (Lipinski definition) is 1. The van der Waals surface area contributed by atoms with E-state index < -0.39 is 0 Å². The Labute approximate surface area is 194 Å². The van der Waals surface area contributed by atoms with E-state index >= 15 is 0 Å². The first-order valence-electron chi connectivity index (χ1n) is 13.0. The molecule has 2 saturated carbocycles. The Morgan fingerprint density at radius 3 is 2.28 bits per heavy atom. The Morgan fingerprint density at radius 1 is 0.906 bits per heavy atom. The summed E-state index contributed by atoms with van der Waals surface area (Å²) >= 11 is 0. The van der Waals surface area contributed by atoms with Crippen molar-refractivity contribution in [2.24, 2.45) is 5.41 Å². The minimum atomic E-state index is -0.260. The largest absolute Gasteiger partial charge is 0.393 e. The SMILES string of the molecule is Cc1ccc(C2CC(O)CC(C)O2)cc1Cc1ccc(C2CCC3(CCCC3)CC2)cc1. The van der Waals surface area contributed by atoms with Crippen LogP contribution in [0.1, 0.15) is 111 Å². The number of aryl methyl sites for hydroxylation is 1. The molecule has 3 fully saturated rings. The molecule has 2 aromatic carbocycles. The lowest BCUT2D eigenvalue weighted by molar-refractivity contribution is -0.0895. The molecule has 2 aromatic rings. The van der Waals surface area contributed by atoms with E-state index in [0.29, 0.717) is 6.42 Å². The second-order valence-corrected chi connectivity index (χ2v) is 11.1. The minimum absolute atomic E-state index is 0.00457. The van der Waals surface area contributed by atoms with Crippen molar-refractivity contribution in [1.82, 2.24) is 0 Å². The van der Waals surface area contributed by atoms with Gasteiger partial charge in [-0.1, -0.05) is 55.3 Å². The molecule has 1 aliphatic heterocycles. The molecular formula is C30H40O2. The van der Waals surface area contributed by atoms with Crippen LogP contribution in [0.2, 0.25) is 0 Å². The highest BCUT2D eigenvalue weighted by Crippen LogP contribution is 2.52. The maximum Gasteiger partial charge on any atom is 0.0853 e. The molecule has 1 saturated heterocycles. The average molecular weight is 433 g/mol. The molecule has 1 heterocycles. The predicted molar refractivity (Wildman–Crippen MR) is 131 cm³/mol. The Hall–Kier alpha value is -1.64. The Bertz CT molecular complexity index is 889. The molecule has 5 rings (SSSR count). The van der Waals surface area contributed by atoms with E-state index in [1.165, 1.54) is 73.6 Å². The first-order valence-corrected chi connectivity index (χ1v) is 13.0. The number of ether oxygens (including phenoxy) is 1. The van der Waals surface area contributed by atoms with Gasteiger partial charge in [0.15, 0.2) is 0 Å². The lowest BCUT2D eigenvalue weighted by atomic mass is 9.68. The van der Waals surface area contributed by atoms with Crippen LogP contribution in [0.25, 0.3) is 0 Å². The molecule has 3 unspecified atom stereocenters. The van der Waals surface area contributed by atoms with E-state index in [9.17, 15) is 5.11 Å². The zero-order chi connectivity index (χ0) is 22.1. The molecule has 172 valence electrons. The van der Waals surface area contributed by atoms with E-state index in [4.69, 9.17) is 4.74 Å². The second-order valence-electron chi connectivity index (χ2n) is 11.1. The summed E-state index contributed by atoms with van der Waals surface area (Å²) in [7, 11) is 0. The molecule has 0 amide bonds. The summed E-state index contributed by atoms with van der Waals surface area (Å²) in [5.74, 6) is 0.761. The van der Waals surface area contributed by atoms with Crippen molar-refractivity contribution in [1.29, 1.82) is 0 Å². The lowest BCUT2D eigenvalue weighted by Crippen LogP contribution is -2.29. The fourth-order valence-corrected chi connectivity index (χ4v) is 6.73. The lowest BCUT2D eigenvalue weighted by Gasteiger charge is -2.37. The second kappa shape index (κ2) is 9.31. The highest BCUT2D eigenvalue weighted by Gasteiger charge is 2.37. The van der Waals surface area contributed by atoms with Gasteiger partial charge in [0.05, 0.1) is 18.3 Å². The van der Waals surface area contributed by atoms with E-state index in [1.54, 1.807) is 5.56 Å². The molecule has 2 aliphatic carbocycles. The van der Waals surface area contributed by atoms with Crippen LogP contribution in [-0.4, -0.2) is 17.3 Å². The van der Waals surface area contributed by atoms with Crippen LogP contribution in [-0.2, 0) is 11.2 Å². The Morgan fingerprint density at radius 2 is 1.59 bits per heavy atom. The topological polar surface area (TPSA) is 29.5 Å². The molecule has 3 aliphatic rings. The first-order chi connectivity index (χ1) is 15.5. The van der Waals surface area contributed by atoms with Crippen LogP contribution in [0.5, 0.6) is 0 Å². The first kappa shape index (κ1) is 22.2. The number of aliphatic hydroxyl groups is 1. The number of aliphatic hydroxyl groups excluding tert-OH is 1. The highest BCUT2D eigenvalue weighted by molar-refractivity contribution is 5.37. The summed E-state index contributed by atoms with van der Waals surface area (Å²) in [6, 6.07) is 16.2. The van der Waals surface area contributed by atoms with Gasteiger partial charge in [-0.25, -0.2) is 0 Å². The van der Waals surface area contributed by atoms with Gasteiger partial charge in [0.25, 0.3) is 0 Å². The molecule has 32 heavy (non-hydrogen) atoms. The molecule has 0 bridgehead atoms. The third kappa shape index (κ3) is 4.82. The van der Waals surface area contributed by atoms with Crippen LogP contribution < -0.4 is 0 Å². The molecule has 0 aromatic heterocycles. The van der Waals surface area contributed by atoms with Crippen LogP contribution in [0.4, 0.5) is 0 Å². The summed E-state index contributed by atoms with van der Waals surface area (Å²) in [6.45, 7) is 4.26. The van der Waals surface area contributed by atoms with Crippen molar-refractivity contribution in [2.45, 2.75) is 109 Å². The van der Waals surface area contributed by atoms with Crippen molar-refractivity contribution in [3.63, 3.8) is 0 Å². The standard InChI is InChI=1S/C30H40O2/c1-21-5-8-26(29-20-28(31)17-22(2)32-29)19-27(21)18-23-6-9-24(10-7-23)25-11-15-30(16-12-25)13-3-4-14-30/h5-10,19,22,25,28-29,31H,3-4,11-18,20H2,1-2H3. The van der Waals surface area contributed by atoms with Crippen molar-refractivity contribution in [3.05, 3.63) is 70.3 Å². The number of rotatable bonds is 4. The summed E-state index contributed by atoms with van der Waals surface area (Å²) in [5.41, 5.74) is 7.55. The highest BCUT2D eigenvalue weighted by atomic mass is 16.5. The predicted octanol–water partition coefficient (Wildman–Crippen LogP) is 7.40. The van der Waals surface area contributed by atoms with Gasteiger partial charge in [-0.15, -0.1) is 0 Å². The molecule has 3 atom stereocenters. The average Bonchev–Trinajstić information content (AvgIpc) is 3.24. The Balaban J connectivity index is 1.24. The van der Waals surface area contributed by atoms with Gasteiger partial charge in [-0.2, -0.15) is 0 Å². The molecule has 2 heteroatoms. The van der Waals surface area contributed by atoms with Gasteiger partial charge >= 0.3 is 0 Å². The zero-order valence-electron chi connectivity index (χ0n) is 20.0. The fraction of sp³-hybridized carbons (Fsp3) is 0.600. The Kier molecular flexibility index (Phi) is 6.45. The minimum Gasteiger partial charge on any atom is -0.393 e. The molecule has 0 radical (unpaired) electrons. The zero-order valence-corrected chi connectivity index (χ0v) is 20.0. The van der Waals surface area contributed by atoms with Gasteiger partial charge in [-0.3, -0.25) is 0 Å². The van der Waals surface area contributed by atoms with Crippen LogP contribution in [0.3, 0.4) is 0 Å².